The fraction of sp³-hybridized carbons (Fsp3) is 0.412. The third-order valence-corrected chi connectivity index (χ3v) is 5.53. The summed E-state index contributed by atoms with van der Waals surface area (Å²) in [4.78, 5) is 16.0. The highest BCUT2D eigenvalue weighted by molar-refractivity contribution is 7.88. The first-order chi connectivity index (χ1) is 13.1. The van der Waals surface area contributed by atoms with Crippen molar-refractivity contribution in [2.45, 2.75) is 44.9 Å². The topological polar surface area (TPSA) is 103 Å². The van der Waals surface area contributed by atoms with Crippen molar-refractivity contribution >= 4 is 43.7 Å². The SMILES string of the molecule is C=Cc1nc2cc(C)c([C@H](OC(C)(C)C)C(=O)O)c(OS(=O)(=O)C(F)(F)F)c2s1. The van der Waals surface area contributed by atoms with Gasteiger partial charge in [-0.3, -0.25) is 0 Å². The number of hydrogen-bond donors (Lipinski definition) is 1. The number of hydrogen-bond acceptors (Lipinski definition) is 7. The summed E-state index contributed by atoms with van der Waals surface area (Å²) in [6.45, 7) is 9.56. The highest BCUT2D eigenvalue weighted by Gasteiger charge is 2.49. The molecule has 1 atom stereocenters. The Morgan fingerprint density at radius 3 is 2.38 bits per heavy atom. The number of carbonyl (C=O) groups is 1. The van der Waals surface area contributed by atoms with Crippen molar-refractivity contribution in [1.82, 2.24) is 4.98 Å². The van der Waals surface area contributed by atoms with Crippen molar-refractivity contribution in [2.75, 3.05) is 0 Å². The lowest BCUT2D eigenvalue weighted by atomic mass is 10.0. The molecule has 0 amide bonds. The molecule has 0 saturated carbocycles. The van der Waals surface area contributed by atoms with Gasteiger partial charge in [-0.1, -0.05) is 6.58 Å². The van der Waals surface area contributed by atoms with E-state index in [2.05, 4.69) is 15.7 Å². The highest BCUT2D eigenvalue weighted by atomic mass is 32.2. The molecule has 0 aliphatic heterocycles. The van der Waals surface area contributed by atoms with Gasteiger partial charge in [0.25, 0.3) is 0 Å². The quantitative estimate of drug-likeness (QED) is 0.510. The summed E-state index contributed by atoms with van der Waals surface area (Å²) in [6, 6.07) is 1.42. The molecule has 0 spiro atoms. The predicted octanol–water partition coefficient (Wildman–Crippen LogP) is 4.42. The summed E-state index contributed by atoms with van der Waals surface area (Å²) in [5.41, 5.74) is -6.78. The minimum atomic E-state index is -6.08. The van der Waals surface area contributed by atoms with Gasteiger partial charge in [0.2, 0.25) is 0 Å². The average molecular weight is 453 g/mol. The number of ether oxygens (including phenoxy) is 1. The fourth-order valence-corrected chi connectivity index (χ4v) is 3.86. The Balaban J connectivity index is 2.88. The van der Waals surface area contributed by atoms with E-state index in [1.165, 1.54) is 19.1 Å². The molecule has 2 rings (SSSR count). The molecule has 0 unspecified atom stereocenters. The van der Waals surface area contributed by atoms with Crippen LogP contribution in [-0.4, -0.2) is 35.6 Å². The van der Waals surface area contributed by atoms with E-state index < -0.39 is 39.1 Å². The number of thiazole rings is 1. The van der Waals surface area contributed by atoms with Crippen molar-refractivity contribution in [3.05, 3.63) is 28.8 Å². The number of carboxylic acids is 1. The van der Waals surface area contributed by atoms with Crippen LogP contribution in [0.5, 0.6) is 5.75 Å². The number of benzene rings is 1. The van der Waals surface area contributed by atoms with Gasteiger partial charge in [-0.2, -0.15) is 21.6 Å². The molecule has 12 heteroatoms. The van der Waals surface area contributed by atoms with E-state index in [-0.39, 0.29) is 26.4 Å². The molecule has 0 saturated heterocycles. The molecule has 2 aromatic rings. The highest BCUT2D eigenvalue weighted by Crippen LogP contribution is 2.44. The van der Waals surface area contributed by atoms with Crippen molar-refractivity contribution in [2.24, 2.45) is 0 Å². The van der Waals surface area contributed by atoms with Gasteiger partial charge >= 0.3 is 21.6 Å². The Morgan fingerprint density at radius 2 is 1.93 bits per heavy atom. The standard InChI is InChI=1S/C17H18F3NO6S2/c1-6-10-21-9-7-8(2)11(13(15(22)23)26-16(3,4)5)12(14(9)28-10)27-29(24,25)17(18,19)20/h6-7,13H,1H2,2-5H3,(H,22,23)/t13-/m0/s1. The van der Waals surface area contributed by atoms with Gasteiger partial charge in [0.05, 0.1) is 15.8 Å². The first-order valence-electron chi connectivity index (χ1n) is 8.05. The Bertz CT molecular complexity index is 1070. The number of aliphatic carboxylic acids is 1. The maximum absolute atomic E-state index is 13.0. The smallest absolute Gasteiger partial charge is 0.479 e. The zero-order chi connectivity index (χ0) is 22.4. The van der Waals surface area contributed by atoms with Crippen molar-refractivity contribution in [3.63, 3.8) is 0 Å². The third-order valence-electron chi connectivity index (χ3n) is 3.51. The minimum absolute atomic E-state index is 0.0721. The molecule has 0 fully saturated rings. The fourth-order valence-electron chi connectivity index (χ4n) is 2.43. The second-order valence-corrected chi connectivity index (χ2v) is 9.54. The van der Waals surface area contributed by atoms with E-state index in [9.17, 15) is 31.5 Å². The first-order valence-corrected chi connectivity index (χ1v) is 10.3. The second kappa shape index (κ2) is 7.58. The third kappa shape index (κ3) is 4.87. The molecule has 29 heavy (non-hydrogen) atoms. The molecule has 0 bridgehead atoms. The Hall–Kier alpha value is -2.18. The van der Waals surface area contributed by atoms with Crippen LogP contribution in [-0.2, 0) is 19.6 Å². The predicted molar refractivity (Wildman–Crippen MR) is 101 cm³/mol. The number of nitrogens with zero attached hydrogens (tertiary/aromatic N) is 1. The Labute approximate surface area is 168 Å². The number of rotatable bonds is 6. The number of fused-ring (bicyclic) bond motifs is 1. The number of halogens is 3. The molecular formula is C17H18F3NO6S2. The molecule has 1 aromatic carbocycles. The van der Waals surface area contributed by atoms with Crippen LogP contribution in [0.3, 0.4) is 0 Å². The molecule has 0 aliphatic carbocycles. The molecule has 7 nitrogen and oxygen atoms in total. The molecule has 1 heterocycles. The van der Waals surface area contributed by atoms with Gasteiger partial charge in [0.15, 0.2) is 11.9 Å². The lowest BCUT2D eigenvalue weighted by molar-refractivity contribution is -0.160. The number of aromatic nitrogens is 1. The summed E-state index contributed by atoms with van der Waals surface area (Å²) in [5.74, 6) is -2.30. The molecule has 0 aliphatic rings. The molecule has 160 valence electrons. The van der Waals surface area contributed by atoms with Crippen LogP contribution in [0.15, 0.2) is 12.6 Å². The van der Waals surface area contributed by atoms with E-state index in [1.54, 1.807) is 20.8 Å². The van der Waals surface area contributed by atoms with Crippen LogP contribution in [0.2, 0.25) is 0 Å². The number of aryl methyl sites for hydroxylation is 1. The maximum atomic E-state index is 13.0. The number of carboxylic acid groups (broad SMARTS) is 1. The normalized spacial score (nSPS) is 14.0. The zero-order valence-electron chi connectivity index (χ0n) is 15.8. The maximum Gasteiger partial charge on any atom is 0.534 e. The van der Waals surface area contributed by atoms with Crippen LogP contribution in [0.4, 0.5) is 13.2 Å². The van der Waals surface area contributed by atoms with Crippen LogP contribution < -0.4 is 4.18 Å². The molecule has 1 N–H and O–H groups in total. The summed E-state index contributed by atoms with van der Waals surface area (Å²) >= 11 is 0.811. The lowest BCUT2D eigenvalue weighted by Gasteiger charge is -2.27. The molecule has 1 aromatic heterocycles. The summed E-state index contributed by atoms with van der Waals surface area (Å²) in [5, 5.41) is 9.93. The van der Waals surface area contributed by atoms with Crippen LogP contribution in [0.1, 0.15) is 43.0 Å². The van der Waals surface area contributed by atoms with Crippen molar-refractivity contribution in [3.8, 4) is 5.75 Å². The lowest BCUT2D eigenvalue weighted by Crippen LogP contribution is -2.31. The van der Waals surface area contributed by atoms with E-state index >= 15 is 0 Å². The summed E-state index contributed by atoms with van der Waals surface area (Å²) in [6.07, 6.45) is -0.464. The Kier molecular flexibility index (Phi) is 6.04. The van der Waals surface area contributed by atoms with E-state index in [0.29, 0.717) is 0 Å². The minimum Gasteiger partial charge on any atom is -0.479 e. The average Bonchev–Trinajstić information content (AvgIpc) is 2.94. The second-order valence-electron chi connectivity index (χ2n) is 6.97. The van der Waals surface area contributed by atoms with Gasteiger partial charge in [-0.05, 0) is 45.4 Å². The van der Waals surface area contributed by atoms with E-state index in [4.69, 9.17) is 4.74 Å². The number of alkyl halides is 3. The zero-order valence-corrected chi connectivity index (χ0v) is 17.5. The van der Waals surface area contributed by atoms with Crippen LogP contribution in [0.25, 0.3) is 16.3 Å². The molecular weight excluding hydrogens is 435 g/mol. The summed E-state index contributed by atoms with van der Waals surface area (Å²) in [7, 11) is -6.08. The largest absolute Gasteiger partial charge is 0.534 e. The van der Waals surface area contributed by atoms with Crippen LogP contribution in [0, 0.1) is 6.92 Å². The van der Waals surface area contributed by atoms with Gasteiger partial charge in [0, 0.05) is 5.56 Å². The Morgan fingerprint density at radius 1 is 1.34 bits per heavy atom. The van der Waals surface area contributed by atoms with E-state index in [1.807, 2.05) is 0 Å². The molecule has 0 radical (unpaired) electrons. The van der Waals surface area contributed by atoms with Gasteiger partial charge in [0.1, 0.15) is 5.01 Å². The van der Waals surface area contributed by atoms with Gasteiger partial charge < -0.3 is 14.0 Å². The van der Waals surface area contributed by atoms with Gasteiger partial charge in [-0.25, -0.2) is 9.78 Å². The summed E-state index contributed by atoms with van der Waals surface area (Å²) < 4.78 is 72.2. The van der Waals surface area contributed by atoms with Gasteiger partial charge in [-0.15, -0.1) is 11.3 Å². The van der Waals surface area contributed by atoms with Crippen LogP contribution >= 0.6 is 11.3 Å². The van der Waals surface area contributed by atoms with E-state index in [0.717, 1.165) is 11.3 Å². The first kappa shape index (κ1) is 23.1. The monoisotopic (exact) mass is 453 g/mol. The van der Waals surface area contributed by atoms with Crippen molar-refractivity contribution < 1.29 is 40.4 Å². The van der Waals surface area contributed by atoms with Crippen molar-refractivity contribution in [1.29, 1.82) is 0 Å².